The number of pyridine rings is 1. The summed E-state index contributed by atoms with van der Waals surface area (Å²) in [5.41, 5.74) is 5.04. The van der Waals surface area contributed by atoms with Crippen LogP contribution in [0.3, 0.4) is 0 Å². The largest absolute Gasteiger partial charge is 0.253 e. The Labute approximate surface area is 138 Å². The molecule has 1 aromatic heterocycles. The van der Waals surface area contributed by atoms with E-state index in [9.17, 15) is 4.39 Å². The zero-order valence-electron chi connectivity index (χ0n) is 14.6. The third-order valence-corrected chi connectivity index (χ3v) is 4.02. The summed E-state index contributed by atoms with van der Waals surface area (Å²) in [6.45, 7) is 12.0. The fraction of sp³-hybridized carbons (Fsp3) is 0.381. The molecule has 2 rings (SSSR count). The van der Waals surface area contributed by atoms with E-state index < -0.39 is 0 Å². The van der Waals surface area contributed by atoms with E-state index in [4.69, 9.17) is 0 Å². The maximum atomic E-state index is 14.6. The lowest BCUT2D eigenvalue weighted by molar-refractivity contribution is 0.600. The van der Waals surface area contributed by atoms with Crippen molar-refractivity contribution >= 4 is 16.5 Å². The fourth-order valence-corrected chi connectivity index (χ4v) is 2.97. The van der Waals surface area contributed by atoms with Gasteiger partial charge in [-0.05, 0) is 60.6 Å². The molecule has 23 heavy (non-hydrogen) atoms. The van der Waals surface area contributed by atoms with Crippen molar-refractivity contribution in [2.75, 3.05) is 0 Å². The molecule has 1 nitrogen and oxygen atoms in total. The molecule has 0 atom stereocenters. The topological polar surface area (TPSA) is 12.9 Å². The molecule has 0 saturated heterocycles. The van der Waals surface area contributed by atoms with Gasteiger partial charge in [0.15, 0.2) is 0 Å². The van der Waals surface area contributed by atoms with E-state index in [-0.39, 0.29) is 12.2 Å². The molecular weight excluding hydrogens is 285 g/mol. The summed E-state index contributed by atoms with van der Waals surface area (Å²) in [5, 5.41) is 1.13. The Bertz CT molecular complexity index is 741. The maximum absolute atomic E-state index is 14.6. The van der Waals surface area contributed by atoms with Crippen molar-refractivity contribution in [1.82, 2.24) is 4.98 Å². The predicted molar refractivity (Wildman–Crippen MR) is 98.2 cm³/mol. The van der Waals surface area contributed by atoms with Gasteiger partial charge in [0.25, 0.3) is 0 Å². The van der Waals surface area contributed by atoms with E-state index in [1.54, 1.807) is 6.08 Å². The normalized spacial score (nSPS) is 12.6. The van der Waals surface area contributed by atoms with E-state index in [0.717, 1.165) is 40.6 Å². The van der Waals surface area contributed by atoms with Crippen LogP contribution < -0.4 is 0 Å². The minimum Gasteiger partial charge on any atom is -0.253 e. The third-order valence-electron chi connectivity index (χ3n) is 4.02. The average molecular weight is 311 g/mol. The first-order chi connectivity index (χ1) is 11.0. The molecule has 0 unspecified atom stereocenters. The van der Waals surface area contributed by atoms with Crippen LogP contribution in [-0.4, -0.2) is 4.98 Å². The molecule has 1 heterocycles. The molecule has 2 aromatic rings. The molecule has 0 aliphatic rings. The van der Waals surface area contributed by atoms with Gasteiger partial charge in [0.2, 0.25) is 0 Å². The molecule has 0 radical (unpaired) electrons. The Morgan fingerprint density at radius 1 is 1.30 bits per heavy atom. The minimum absolute atomic E-state index is 0.0776. The second kappa shape index (κ2) is 7.54. The Kier molecular flexibility index (Phi) is 5.70. The van der Waals surface area contributed by atoms with Gasteiger partial charge in [-0.25, -0.2) is 4.39 Å². The fourth-order valence-electron chi connectivity index (χ4n) is 2.97. The number of hydrogen-bond acceptors (Lipinski definition) is 1. The first-order valence-electron chi connectivity index (χ1n) is 8.35. The van der Waals surface area contributed by atoms with E-state index in [2.05, 4.69) is 44.5 Å². The Morgan fingerprint density at radius 3 is 2.65 bits per heavy atom. The van der Waals surface area contributed by atoms with E-state index in [1.807, 2.05) is 19.1 Å². The van der Waals surface area contributed by atoms with E-state index in [0.29, 0.717) is 5.92 Å². The van der Waals surface area contributed by atoms with Crippen LogP contribution in [0.15, 0.2) is 42.7 Å². The van der Waals surface area contributed by atoms with Crippen LogP contribution in [0.1, 0.15) is 50.4 Å². The number of fused-ring (bicyclic) bond motifs is 1. The van der Waals surface area contributed by atoms with Crippen LogP contribution in [0.25, 0.3) is 16.5 Å². The molecule has 0 aliphatic heterocycles. The zero-order chi connectivity index (χ0) is 17.0. The number of allylic oxidation sites excluding steroid dienone is 3. The molecular formula is C21H26FN. The molecule has 1 aromatic carbocycles. The lowest BCUT2D eigenvalue weighted by atomic mass is 9.92. The SMILES string of the molecule is C=CC/C(F)=C(\CC(C)C)c1ccc2nc(C)cc(CC)c2c1. The van der Waals surface area contributed by atoms with Crippen LogP contribution in [0.4, 0.5) is 4.39 Å². The van der Waals surface area contributed by atoms with Crippen molar-refractivity contribution in [2.24, 2.45) is 5.92 Å². The lowest BCUT2D eigenvalue weighted by Gasteiger charge is -2.14. The van der Waals surface area contributed by atoms with Crippen molar-refractivity contribution in [1.29, 1.82) is 0 Å². The number of aryl methyl sites for hydroxylation is 2. The standard InChI is InChI=1S/C21H26FN/c1-6-8-20(22)18(11-14(3)4)17-9-10-21-19(13-17)16(7-2)12-15(5)23-21/h6,9-10,12-14H,1,7-8,11H2,2-5H3/b20-18-. The second-order valence-corrected chi connectivity index (χ2v) is 6.48. The highest BCUT2D eigenvalue weighted by molar-refractivity contribution is 5.86. The van der Waals surface area contributed by atoms with Crippen molar-refractivity contribution in [3.63, 3.8) is 0 Å². The van der Waals surface area contributed by atoms with Crippen LogP contribution in [0.2, 0.25) is 0 Å². The van der Waals surface area contributed by atoms with Crippen molar-refractivity contribution in [2.45, 2.75) is 47.0 Å². The monoisotopic (exact) mass is 311 g/mol. The van der Waals surface area contributed by atoms with Gasteiger partial charge >= 0.3 is 0 Å². The molecule has 0 N–H and O–H groups in total. The van der Waals surface area contributed by atoms with Gasteiger partial charge in [0.05, 0.1) is 5.52 Å². The highest BCUT2D eigenvalue weighted by Gasteiger charge is 2.13. The third kappa shape index (κ3) is 4.07. The van der Waals surface area contributed by atoms with Gasteiger partial charge in [0, 0.05) is 17.5 Å². The van der Waals surface area contributed by atoms with Crippen molar-refractivity contribution in [3.8, 4) is 0 Å². The summed E-state index contributed by atoms with van der Waals surface area (Å²) >= 11 is 0. The van der Waals surface area contributed by atoms with Gasteiger partial charge in [0.1, 0.15) is 5.83 Å². The molecule has 0 bridgehead atoms. The number of aromatic nitrogens is 1. The molecule has 2 heteroatoms. The quantitative estimate of drug-likeness (QED) is 0.562. The zero-order valence-corrected chi connectivity index (χ0v) is 14.6. The van der Waals surface area contributed by atoms with Crippen molar-refractivity contribution in [3.05, 3.63) is 59.6 Å². The van der Waals surface area contributed by atoms with Gasteiger partial charge in [-0.3, -0.25) is 4.98 Å². The minimum atomic E-state index is -0.0776. The first kappa shape index (κ1) is 17.4. The molecule has 122 valence electrons. The van der Waals surface area contributed by atoms with Crippen LogP contribution in [0.5, 0.6) is 0 Å². The van der Waals surface area contributed by atoms with Crippen LogP contribution in [0, 0.1) is 12.8 Å². The summed E-state index contributed by atoms with van der Waals surface area (Å²) < 4.78 is 14.6. The van der Waals surface area contributed by atoms with Gasteiger partial charge < -0.3 is 0 Å². The van der Waals surface area contributed by atoms with Gasteiger partial charge in [-0.1, -0.05) is 32.9 Å². The molecule has 0 aliphatic carbocycles. The highest BCUT2D eigenvalue weighted by atomic mass is 19.1. The summed E-state index contributed by atoms with van der Waals surface area (Å²) in [4.78, 5) is 4.60. The molecule has 0 saturated carbocycles. The first-order valence-corrected chi connectivity index (χ1v) is 8.35. The number of rotatable bonds is 6. The van der Waals surface area contributed by atoms with Crippen LogP contribution >= 0.6 is 0 Å². The van der Waals surface area contributed by atoms with Gasteiger partial charge in [-0.15, -0.1) is 6.58 Å². The number of hydrogen-bond donors (Lipinski definition) is 0. The summed E-state index contributed by atoms with van der Waals surface area (Å²) in [6.07, 6.45) is 3.58. The molecule has 0 fully saturated rings. The number of nitrogens with zero attached hydrogens (tertiary/aromatic N) is 1. The molecule has 0 amide bonds. The highest BCUT2D eigenvalue weighted by Crippen LogP contribution is 2.31. The summed E-state index contributed by atoms with van der Waals surface area (Å²) in [5.74, 6) is 0.323. The number of benzene rings is 1. The number of halogens is 1. The Morgan fingerprint density at radius 2 is 2.04 bits per heavy atom. The van der Waals surface area contributed by atoms with E-state index >= 15 is 0 Å². The summed E-state index contributed by atoms with van der Waals surface area (Å²) in [6, 6.07) is 8.23. The molecule has 0 spiro atoms. The predicted octanol–water partition coefficient (Wildman–Crippen LogP) is 6.41. The summed E-state index contributed by atoms with van der Waals surface area (Å²) in [7, 11) is 0. The lowest BCUT2D eigenvalue weighted by Crippen LogP contribution is -1.97. The smallest absolute Gasteiger partial charge is 0.107 e. The Hall–Kier alpha value is -1.96. The van der Waals surface area contributed by atoms with E-state index in [1.165, 1.54) is 5.56 Å². The Balaban J connectivity index is 2.62. The second-order valence-electron chi connectivity index (χ2n) is 6.48. The van der Waals surface area contributed by atoms with Crippen LogP contribution in [-0.2, 0) is 6.42 Å². The maximum Gasteiger partial charge on any atom is 0.107 e. The van der Waals surface area contributed by atoms with Crippen molar-refractivity contribution < 1.29 is 4.39 Å². The average Bonchev–Trinajstić information content (AvgIpc) is 2.51. The van der Waals surface area contributed by atoms with Gasteiger partial charge in [-0.2, -0.15) is 0 Å².